The number of rotatable bonds is 4. The van der Waals surface area contributed by atoms with E-state index in [9.17, 15) is 9.59 Å². The minimum absolute atomic E-state index is 0.125. The molecule has 1 aliphatic heterocycles. The van der Waals surface area contributed by atoms with Crippen molar-refractivity contribution in [3.63, 3.8) is 0 Å². The summed E-state index contributed by atoms with van der Waals surface area (Å²) in [6.45, 7) is 1.38. The smallest absolute Gasteiger partial charge is 0.264 e. The van der Waals surface area contributed by atoms with Crippen molar-refractivity contribution in [1.29, 1.82) is 0 Å². The van der Waals surface area contributed by atoms with Gasteiger partial charge in [0.25, 0.3) is 11.5 Å². The number of nitrogens with zero attached hydrogens (tertiary/aromatic N) is 4. The van der Waals surface area contributed by atoms with E-state index in [-0.39, 0.29) is 17.5 Å². The Hall–Kier alpha value is -2.81. The van der Waals surface area contributed by atoms with Gasteiger partial charge in [-0.3, -0.25) is 9.59 Å². The minimum Gasteiger partial charge on any atom is -0.350 e. The Kier molecular flexibility index (Phi) is 4.61. The molecular formula is C17H18N6O2S. The largest absolute Gasteiger partial charge is 0.350 e. The van der Waals surface area contributed by atoms with E-state index in [0.29, 0.717) is 12.1 Å². The highest BCUT2D eigenvalue weighted by Crippen LogP contribution is 2.22. The van der Waals surface area contributed by atoms with Gasteiger partial charge in [0.15, 0.2) is 0 Å². The Morgan fingerprint density at radius 3 is 2.96 bits per heavy atom. The van der Waals surface area contributed by atoms with E-state index in [0.717, 1.165) is 54.4 Å². The Balaban J connectivity index is 1.45. The highest BCUT2D eigenvalue weighted by Gasteiger charge is 2.24. The third kappa shape index (κ3) is 3.43. The van der Waals surface area contributed by atoms with Gasteiger partial charge in [-0.25, -0.2) is 5.10 Å². The van der Waals surface area contributed by atoms with E-state index in [1.165, 1.54) is 6.07 Å². The molecule has 26 heavy (non-hydrogen) atoms. The van der Waals surface area contributed by atoms with Crippen molar-refractivity contribution in [2.45, 2.75) is 25.3 Å². The fraction of sp³-hybridized carbons (Fsp3) is 0.353. The number of hydrogen-bond acceptors (Lipinski definition) is 7. The number of piperidine rings is 1. The van der Waals surface area contributed by atoms with E-state index in [1.54, 1.807) is 18.2 Å². The fourth-order valence-electron chi connectivity index (χ4n) is 3.25. The predicted molar refractivity (Wildman–Crippen MR) is 99.6 cm³/mol. The van der Waals surface area contributed by atoms with Gasteiger partial charge < -0.3 is 10.2 Å². The van der Waals surface area contributed by atoms with Gasteiger partial charge in [-0.2, -0.15) is 13.8 Å². The molecule has 1 aromatic carbocycles. The van der Waals surface area contributed by atoms with Crippen LogP contribution in [-0.2, 0) is 0 Å². The van der Waals surface area contributed by atoms with Crippen LogP contribution in [0.5, 0.6) is 0 Å². The molecule has 3 aromatic rings. The molecule has 3 heterocycles. The predicted octanol–water partition coefficient (Wildman–Crippen LogP) is 1.56. The number of fused-ring (bicyclic) bond motifs is 1. The first-order valence-corrected chi connectivity index (χ1v) is 9.26. The SMILES string of the molecule is O=C(NCC1CCCCN1c1ccc(=O)[nH]n1)c1ccc2nsnc2c1. The molecule has 8 nitrogen and oxygen atoms in total. The van der Waals surface area contributed by atoms with Gasteiger partial charge in [0, 0.05) is 30.8 Å². The average molecular weight is 370 g/mol. The fourth-order valence-corrected chi connectivity index (χ4v) is 3.76. The monoisotopic (exact) mass is 370 g/mol. The van der Waals surface area contributed by atoms with Crippen LogP contribution in [0.2, 0.25) is 0 Å². The number of nitrogens with one attached hydrogen (secondary N) is 2. The number of aromatic amines is 1. The summed E-state index contributed by atoms with van der Waals surface area (Å²) < 4.78 is 8.32. The molecular weight excluding hydrogens is 352 g/mol. The Morgan fingerprint density at radius 2 is 2.12 bits per heavy atom. The summed E-state index contributed by atoms with van der Waals surface area (Å²) in [6.07, 6.45) is 3.14. The van der Waals surface area contributed by atoms with E-state index in [1.807, 2.05) is 6.07 Å². The molecule has 1 amide bonds. The van der Waals surface area contributed by atoms with Crippen molar-refractivity contribution in [1.82, 2.24) is 24.3 Å². The van der Waals surface area contributed by atoms with Crippen LogP contribution in [0.1, 0.15) is 29.6 Å². The molecule has 0 spiro atoms. The lowest BCUT2D eigenvalue weighted by Crippen LogP contribution is -2.47. The first-order valence-electron chi connectivity index (χ1n) is 8.53. The molecule has 2 N–H and O–H groups in total. The van der Waals surface area contributed by atoms with Gasteiger partial charge in [0.05, 0.1) is 11.7 Å². The van der Waals surface area contributed by atoms with Crippen molar-refractivity contribution in [2.75, 3.05) is 18.0 Å². The van der Waals surface area contributed by atoms with Gasteiger partial charge in [0.2, 0.25) is 0 Å². The lowest BCUT2D eigenvalue weighted by molar-refractivity contribution is 0.0949. The number of anilines is 1. The summed E-state index contributed by atoms with van der Waals surface area (Å²) >= 11 is 1.14. The second-order valence-electron chi connectivity index (χ2n) is 6.30. The molecule has 1 aliphatic rings. The maximum absolute atomic E-state index is 12.5. The molecule has 134 valence electrons. The number of H-pyrrole nitrogens is 1. The molecule has 0 bridgehead atoms. The Morgan fingerprint density at radius 1 is 1.23 bits per heavy atom. The van der Waals surface area contributed by atoms with Crippen LogP contribution in [0.4, 0.5) is 5.82 Å². The normalized spacial score (nSPS) is 17.4. The highest BCUT2D eigenvalue weighted by atomic mass is 32.1. The topological polar surface area (TPSA) is 104 Å². The van der Waals surface area contributed by atoms with Crippen LogP contribution < -0.4 is 15.8 Å². The van der Waals surface area contributed by atoms with Crippen LogP contribution in [0.3, 0.4) is 0 Å². The number of benzene rings is 1. The second-order valence-corrected chi connectivity index (χ2v) is 6.83. The van der Waals surface area contributed by atoms with Gasteiger partial charge in [-0.15, -0.1) is 0 Å². The molecule has 1 unspecified atom stereocenters. The molecule has 1 atom stereocenters. The Bertz CT molecular complexity index is 964. The third-order valence-electron chi connectivity index (χ3n) is 4.60. The number of carbonyl (C=O) groups is 1. The maximum atomic E-state index is 12.5. The summed E-state index contributed by atoms with van der Waals surface area (Å²) in [5.74, 6) is 0.610. The number of hydrogen-bond donors (Lipinski definition) is 2. The second kappa shape index (κ2) is 7.20. The van der Waals surface area contributed by atoms with Gasteiger partial charge in [0.1, 0.15) is 16.9 Å². The van der Waals surface area contributed by atoms with Crippen molar-refractivity contribution < 1.29 is 4.79 Å². The van der Waals surface area contributed by atoms with Crippen molar-refractivity contribution in [2.24, 2.45) is 0 Å². The summed E-state index contributed by atoms with van der Waals surface area (Å²) in [5, 5.41) is 9.62. The molecule has 2 aromatic heterocycles. The zero-order valence-electron chi connectivity index (χ0n) is 14.0. The van der Waals surface area contributed by atoms with E-state index < -0.39 is 0 Å². The first-order chi connectivity index (χ1) is 12.7. The third-order valence-corrected chi connectivity index (χ3v) is 5.16. The lowest BCUT2D eigenvalue weighted by atomic mass is 10.0. The van der Waals surface area contributed by atoms with Crippen LogP contribution in [0.25, 0.3) is 11.0 Å². The van der Waals surface area contributed by atoms with Crippen LogP contribution in [0.15, 0.2) is 35.1 Å². The highest BCUT2D eigenvalue weighted by molar-refractivity contribution is 7.00. The molecule has 9 heteroatoms. The summed E-state index contributed by atoms with van der Waals surface area (Å²) in [7, 11) is 0. The number of carbonyl (C=O) groups excluding carboxylic acids is 1. The van der Waals surface area contributed by atoms with E-state index >= 15 is 0 Å². The standard InChI is InChI=1S/C17H18N6O2S/c24-16-7-6-15(19-20-16)23-8-2-1-3-12(23)10-18-17(25)11-4-5-13-14(9-11)22-26-21-13/h4-7,9,12H,1-3,8,10H2,(H,18,25)(H,20,24). The van der Waals surface area contributed by atoms with Crippen LogP contribution >= 0.6 is 11.7 Å². The zero-order valence-corrected chi connectivity index (χ0v) is 14.8. The van der Waals surface area contributed by atoms with E-state index in [4.69, 9.17) is 0 Å². The molecule has 0 radical (unpaired) electrons. The van der Waals surface area contributed by atoms with Crippen molar-refractivity contribution in [3.05, 3.63) is 46.2 Å². The van der Waals surface area contributed by atoms with Crippen LogP contribution in [0, 0.1) is 0 Å². The van der Waals surface area contributed by atoms with Crippen molar-refractivity contribution in [3.8, 4) is 0 Å². The molecule has 1 saturated heterocycles. The molecule has 1 fully saturated rings. The lowest BCUT2D eigenvalue weighted by Gasteiger charge is -2.36. The molecule has 0 aliphatic carbocycles. The first kappa shape index (κ1) is 16.6. The number of amides is 1. The molecule has 4 rings (SSSR count). The minimum atomic E-state index is -0.220. The van der Waals surface area contributed by atoms with Crippen LogP contribution in [-0.4, -0.2) is 44.0 Å². The zero-order chi connectivity index (χ0) is 17.9. The quantitative estimate of drug-likeness (QED) is 0.722. The van der Waals surface area contributed by atoms with E-state index in [2.05, 4.69) is 29.2 Å². The van der Waals surface area contributed by atoms with Gasteiger partial charge >= 0.3 is 0 Å². The van der Waals surface area contributed by atoms with Crippen molar-refractivity contribution >= 4 is 34.5 Å². The summed E-state index contributed by atoms with van der Waals surface area (Å²) in [6, 6.07) is 8.68. The van der Waals surface area contributed by atoms with Gasteiger partial charge in [-0.05, 0) is 43.5 Å². The molecule has 0 saturated carbocycles. The van der Waals surface area contributed by atoms with Gasteiger partial charge in [-0.1, -0.05) is 0 Å². The maximum Gasteiger partial charge on any atom is 0.264 e. The summed E-state index contributed by atoms with van der Waals surface area (Å²) in [5.41, 5.74) is 1.89. The average Bonchev–Trinajstić information content (AvgIpc) is 3.15. The number of aromatic nitrogens is 4. The summed E-state index contributed by atoms with van der Waals surface area (Å²) in [4.78, 5) is 25.9. The Labute approximate surface area is 153 Å².